The second kappa shape index (κ2) is 8.50. The van der Waals surface area contributed by atoms with Crippen molar-refractivity contribution in [2.45, 2.75) is 20.0 Å². The highest BCUT2D eigenvalue weighted by atomic mass is 79.9. The first-order valence-electron chi connectivity index (χ1n) is 8.50. The maximum atomic E-state index is 12.5. The highest BCUT2D eigenvalue weighted by Gasteiger charge is 2.12. The van der Waals surface area contributed by atoms with Gasteiger partial charge in [-0.1, -0.05) is 36.4 Å². The van der Waals surface area contributed by atoms with Gasteiger partial charge in [-0.2, -0.15) is 0 Å². The van der Waals surface area contributed by atoms with E-state index in [4.69, 9.17) is 17.0 Å². The molecule has 0 heterocycles. The quantitative estimate of drug-likeness (QED) is 0.522. The normalized spacial score (nSPS) is 10.7. The summed E-state index contributed by atoms with van der Waals surface area (Å²) in [6.07, 6.45) is 0.0541. The molecule has 0 saturated heterocycles. The molecule has 0 radical (unpaired) electrons. The first kappa shape index (κ1) is 19.3. The molecule has 0 unspecified atom stereocenters. The van der Waals surface area contributed by atoms with Crippen LogP contribution in [0.3, 0.4) is 0 Å². The zero-order valence-electron chi connectivity index (χ0n) is 15.0. The zero-order chi connectivity index (χ0) is 19.4. The Morgan fingerprint density at radius 1 is 1.07 bits per heavy atom. The molecular weight excluding hydrogens is 424 g/mol. The fourth-order valence-corrected chi connectivity index (χ4v) is 3.33. The lowest BCUT2D eigenvalue weighted by Crippen LogP contribution is -2.34. The topological polar surface area (TPSA) is 50.4 Å². The molecule has 2 N–H and O–H groups in total. The van der Waals surface area contributed by atoms with E-state index in [1.54, 1.807) is 18.2 Å². The van der Waals surface area contributed by atoms with Crippen LogP contribution in [0.5, 0.6) is 5.75 Å². The van der Waals surface area contributed by atoms with E-state index < -0.39 is 0 Å². The van der Waals surface area contributed by atoms with Crippen molar-refractivity contribution in [3.05, 3.63) is 70.7 Å². The molecule has 0 spiro atoms. The minimum Gasteiger partial charge on any atom is -0.490 e. The van der Waals surface area contributed by atoms with Gasteiger partial charge in [0.25, 0.3) is 5.91 Å². The van der Waals surface area contributed by atoms with Crippen molar-refractivity contribution in [3.8, 4) is 5.75 Å². The van der Waals surface area contributed by atoms with Gasteiger partial charge < -0.3 is 10.1 Å². The third-order valence-corrected chi connectivity index (χ3v) is 4.65. The summed E-state index contributed by atoms with van der Waals surface area (Å²) in [5.74, 6) is 0.405. The van der Waals surface area contributed by atoms with Crippen LogP contribution in [0.15, 0.2) is 65.1 Å². The van der Waals surface area contributed by atoms with Crippen LogP contribution in [0.25, 0.3) is 10.8 Å². The monoisotopic (exact) mass is 442 g/mol. The summed E-state index contributed by atoms with van der Waals surface area (Å²) >= 11 is 8.75. The van der Waals surface area contributed by atoms with Crippen molar-refractivity contribution in [2.24, 2.45) is 0 Å². The van der Waals surface area contributed by atoms with E-state index in [1.165, 1.54) is 0 Å². The van der Waals surface area contributed by atoms with E-state index in [-0.39, 0.29) is 17.1 Å². The summed E-state index contributed by atoms with van der Waals surface area (Å²) in [4.78, 5) is 12.5. The van der Waals surface area contributed by atoms with Crippen molar-refractivity contribution in [1.29, 1.82) is 0 Å². The molecule has 0 fully saturated rings. The number of ether oxygens (including phenoxy) is 1. The molecule has 0 aliphatic carbocycles. The van der Waals surface area contributed by atoms with Gasteiger partial charge in [0.1, 0.15) is 5.75 Å². The van der Waals surface area contributed by atoms with Crippen LogP contribution < -0.4 is 15.4 Å². The Balaban J connectivity index is 1.70. The fourth-order valence-electron chi connectivity index (χ4n) is 2.65. The van der Waals surface area contributed by atoms with Crippen LogP contribution in [0.2, 0.25) is 0 Å². The smallest absolute Gasteiger partial charge is 0.257 e. The van der Waals surface area contributed by atoms with Gasteiger partial charge in [0.2, 0.25) is 0 Å². The van der Waals surface area contributed by atoms with Gasteiger partial charge in [-0.15, -0.1) is 0 Å². The van der Waals surface area contributed by atoms with Crippen molar-refractivity contribution in [1.82, 2.24) is 5.32 Å². The summed E-state index contributed by atoms with van der Waals surface area (Å²) in [6.45, 7) is 3.90. The van der Waals surface area contributed by atoms with Crippen molar-refractivity contribution < 1.29 is 9.53 Å². The lowest BCUT2D eigenvalue weighted by atomic mass is 10.1. The molecule has 0 saturated carbocycles. The van der Waals surface area contributed by atoms with E-state index in [0.717, 1.165) is 20.9 Å². The Bertz CT molecular complexity index is 999. The number of halogens is 1. The molecule has 138 valence electrons. The molecule has 0 atom stereocenters. The van der Waals surface area contributed by atoms with Crippen LogP contribution in [0.4, 0.5) is 5.69 Å². The molecule has 3 aromatic carbocycles. The molecule has 3 rings (SSSR count). The zero-order valence-corrected chi connectivity index (χ0v) is 17.4. The number of nitrogens with one attached hydrogen (secondary N) is 2. The maximum absolute atomic E-state index is 12.5. The van der Waals surface area contributed by atoms with Crippen molar-refractivity contribution >= 4 is 55.6 Å². The Hall–Kier alpha value is -2.44. The number of carbonyl (C=O) groups excluding carboxylic acids is 1. The maximum Gasteiger partial charge on any atom is 0.257 e. The summed E-state index contributed by atoms with van der Waals surface area (Å²) in [5, 5.41) is 8.20. The summed E-state index contributed by atoms with van der Waals surface area (Å²) in [5.41, 5.74) is 1.33. The van der Waals surface area contributed by atoms with Crippen LogP contribution in [-0.4, -0.2) is 17.1 Å². The molecule has 6 heteroatoms. The highest BCUT2D eigenvalue weighted by Crippen LogP contribution is 2.27. The number of hydrogen-bond donors (Lipinski definition) is 2. The Labute approximate surface area is 172 Å². The number of carbonyl (C=O) groups is 1. The molecule has 0 aromatic heterocycles. The number of fused-ring (bicyclic) bond motifs is 1. The number of hydrogen-bond acceptors (Lipinski definition) is 3. The first-order chi connectivity index (χ1) is 12.9. The molecule has 3 aromatic rings. The third kappa shape index (κ3) is 4.84. The standard InChI is InChI=1S/C21H19BrN2O2S/c1-13(2)26-19-11-10-15(12-17(19)22)20(25)24-21(27)23-18-9-5-7-14-6-3-4-8-16(14)18/h3-13H,1-2H3,(H2,23,24,25,27). The Morgan fingerprint density at radius 3 is 2.56 bits per heavy atom. The molecule has 0 bridgehead atoms. The van der Waals surface area contributed by atoms with Gasteiger partial charge >= 0.3 is 0 Å². The Morgan fingerprint density at radius 2 is 1.81 bits per heavy atom. The lowest BCUT2D eigenvalue weighted by Gasteiger charge is -2.14. The SMILES string of the molecule is CC(C)Oc1ccc(C(=O)NC(=S)Nc2cccc3ccccc23)cc1Br. The predicted molar refractivity (Wildman–Crippen MR) is 118 cm³/mol. The minimum atomic E-state index is -0.287. The fraction of sp³-hybridized carbons (Fsp3) is 0.143. The van der Waals surface area contributed by atoms with E-state index >= 15 is 0 Å². The van der Waals surface area contributed by atoms with Gasteiger partial charge in [-0.05, 0) is 71.6 Å². The number of anilines is 1. The van der Waals surface area contributed by atoms with Crippen LogP contribution in [0.1, 0.15) is 24.2 Å². The summed E-state index contributed by atoms with van der Waals surface area (Å²) in [6, 6.07) is 19.1. The minimum absolute atomic E-state index is 0.0541. The predicted octanol–water partition coefficient (Wildman–Crippen LogP) is 5.52. The second-order valence-electron chi connectivity index (χ2n) is 6.25. The molecule has 27 heavy (non-hydrogen) atoms. The highest BCUT2D eigenvalue weighted by molar-refractivity contribution is 9.10. The van der Waals surface area contributed by atoms with Gasteiger partial charge in [-0.3, -0.25) is 10.1 Å². The van der Waals surface area contributed by atoms with Gasteiger partial charge in [0, 0.05) is 16.6 Å². The van der Waals surface area contributed by atoms with Crippen LogP contribution >= 0.6 is 28.1 Å². The number of rotatable bonds is 4. The molecular formula is C21H19BrN2O2S. The third-order valence-electron chi connectivity index (χ3n) is 3.82. The molecule has 4 nitrogen and oxygen atoms in total. The largest absolute Gasteiger partial charge is 0.490 e. The lowest BCUT2D eigenvalue weighted by molar-refractivity contribution is 0.0977. The van der Waals surface area contributed by atoms with Gasteiger partial charge in [0.05, 0.1) is 10.6 Å². The number of benzene rings is 3. The molecule has 1 amide bonds. The van der Waals surface area contributed by atoms with E-state index in [1.807, 2.05) is 56.3 Å². The molecule has 0 aliphatic heterocycles. The number of amides is 1. The van der Waals surface area contributed by atoms with Gasteiger partial charge in [0.15, 0.2) is 5.11 Å². The second-order valence-corrected chi connectivity index (χ2v) is 7.51. The Kier molecular flexibility index (Phi) is 6.08. The average molecular weight is 443 g/mol. The van der Waals surface area contributed by atoms with Crippen molar-refractivity contribution in [2.75, 3.05) is 5.32 Å². The van der Waals surface area contributed by atoms with Crippen LogP contribution in [-0.2, 0) is 0 Å². The molecule has 0 aliphatic rings. The van der Waals surface area contributed by atoms with E-state index in [0.29, 0.717) is 11.3 Å². The summed E-state index contributed by atoms with van der Waals surface area (Å²) < 4.78 is 6.38. The average Bonchev–Trinajstić information content (AvgIpc) is 2.63. The van der Waals surface area contributed by atoms with Gasteiger partial charge in [-0.25, -0.2) is 0 Å². The summed E-state index contributed by atoms with van der Waals surface area (Å²) in [7, 11) is 0. The van der Waals surface area contributed by atoms with E-state index in [2.05, 4.69) is 26.6 Å². The van der Waals surface area contributed by atoms with E-state index in [9.17, 15) is 4.79 Å². The van der Waals surface area contributed by atoms with Crippen molar-refractivity contribution in [3.63, 3.8) is 0 Å². The van der Waals surface area contributed by atoms with Crippen LogP contribution in [0, 0.1) is 0 Å². The first-order valence-corrected chi connectivity index (χ1v) is 9.70. The number of thiocarbonyl (C=S) groups is 1.